The number of hydrogen-bond donors (Lipinski definition) is 0. The second-order valence-corrected chi connectivity index (χ2v) is 30.4. The molecule has 6 heteroatoms. The molecule has 15 aromatic carbocycles. The van der Waals surface area contributed by atoms with Gasteiger partial charge in [-0.1, -0.05) is 290 Å². The van der Waals surface area contributed by atoms with Gasteiger partial charge in [-0.15, -0.1) is 0 Å². The van der Waals surface area contributed by atoms with Gasteiger partial charge in [0.15, 0.2) is 0 Å². The fourth-order valence-electron chi connectivity index (χ4n) is 16.6. The Balaban J connectivity index is 0.942. The fraction of sp³-hybridized carbons (Fsp3) is 0.0816. The number of hydrogen-bond acceptors (Lipinski definition) is 4. The molecule has 19 rings (SSSR count). The van der Waals surface area contributed by atoms with Crippen LogP contribution in [0.15, 0.2) is 340 Å². The normalized spacial score (nSPS) is 13.0. The molecule has 494 valence electrons. The van der Waals surface area contributed by atoms with Crippen LogP contribution >= 0.6 is 0 Å². The van der Waals surface area contributed by atoms with Gasteiger partial charge in [0.25, 0.3) is 13.4 Å². The summed E-state index contributed by atoms with van der Waals surface area (Å²) in [5.41, 5.74) is 33.4. The number of rotatable bonds is 10. The van der Waals surface area contributed by atoms with Crippen LogP contribution in [0.2, 0.25) is 0 Å². The smallest absolute Gasteiger partial charge is 0.256 e. The Morgan fingerprint density at radius 1 is 0.231 bits per heavy atom. The van der Waals surface area contributed by atoms with Gasteiger partial charge in [-0.2, -0.15) is 0 Å². The van der Waals surface area contributed by atoms with Crippen molar-refractivity contribution < 1.29 is 9.47 Å². The average molecular weight is 1330 g/mol. The van der Waals surface area contributed by atoms with Crippen molar-refractivity contribution in [2.75, 3.05) is 9.80 Å². The van der Waals surface area contributed by atoms with Crippen LogP contribution in [0, 0.1) is 0 Å². The molecular weight excluding hydrogens is 1260 g/mol. The third-order valence-electron chi connectivity index (χ3n) is 21.8. The summed E-state index contributed by atoms with van der Waals surface area (Å²) in [4.78, 5) is 5.19. The monoisotopic (exact) mass is 1330 g/mol. The first-order valence-electron chi connectivity index (χ1n) is 36.4. The Bertz CT molecular complexity index is 5700. The molecule has 0 bridgehead atoms. The Kier molecular flexibility index (Phi) is 14.9. The minimum Gasteiger partial charge on any atom is -0.458 e. The topological polar surface area (TPSA) is 24.9 Å². The van der Waals surface area contributed by atoms with Crippen molar-refractivity contribution in [2.45, 2.75) is 52.4 Å². The highest BCUT2D eigenvalue weighted by molar-refractivity contribution is 7.02. The van der Waals surface area contributed by atoms with Gasteiger partial charge in [0.1, 0.15) is 23.0 Å². The summed E-state index contributed by atoms with van der Waals surface area (Å²) >= 11 is 0. The summed E-state index contributed by atoms with van der Waals surface area (Å²) in [5, 5.41) is 0. The number of nitrogens with zero attached hydrogens (tertiary/aromatic N) is 2. The third kappa shape index (κ3) is 10.8. The molecule has 4 heterocycles. The van der Waals surface area contributed by atoms with Gasteiger partial charge in [-0.3, -0.25) is 0 Å². The third-order valence-corrected chi connectivity index (χ3v) is 21.8. The van der Waals surface area contributed by atoms with Crippen molar-refractivity contribution in [3.8, 4) is 112 Å². The minimum absolute atomic E-state index is 0.147. The van der Waals surface area contributed by atoms with Crippen LogP contribution in [0.4, 0.5) is 34.1 Å². The second-order valence-electron chi connectivity index (χ2n) is 30.4. The predicted molar refractivity (Wildman–Crippen MR) is 439 cm³/mol. The highest BCUT2D eigenvalue weighted by atomic mass is 16.5. The Morgan fingerprint density at radius 2 is 0.548 bits per heavy atom. The van der Waals surface area contributed by atoms with Gasteiger partial charge in [0.05, 0.1) is 5.69 Å². The van der Waals surface area contributed by atoms with Gasteiger partial charge in [0, 0.05) is 39.6 Å². The molecule has 0 aliphatic carbocycles. The average Bonchev–Trinajstić information content (AvgIpc) is 0.687. The first-order chi connectivity index (χ1) is 50.8. The summed E-state index contributed by atoms with van der Waals surface area (Å²) in [7, 11) is 0. The number of para-hydroxylation sites is 2. The standard InChI is InChI=1S/C98H74B2N2O2/c1-97(2,3)77-45-47-82-90(59-77)103-92-57-75(73-51-69(63-29-14-7-15-30-63)49-70(52-73)64-31-16-8-17-32-64)55-88-94(92)99(82)84-61-85-87(62-86(84)101(88)79-41-26-13-27-42-79)102(96-80(67-37-22-11-23-38-67)43-28-44-81(96)68-39-24-12-25-40-68)89-56-76(58-93-95(89)100(85)83-48-46-78(98(4,5)6)60-91(83)104-93)74-53-71(65-33-18-9-19-34-65)50-72(54-74)66-35-20-10-21-36-66/h7-62H,1-6H3. The fourth-order valence-corrected chi connectivity index (χ4v) is 16.6. The maximum atomic E-state index is 7.73. The molecule has 104 heavy (non-hydrogen) atoms. The predicted octanol–water partition coefficient (Wildman–Crippen LogP) is 22.4. The lowest BCUT2D eigenvalue weighted by atomic mass is 9.30. The Labute approximate surface area is 611 Å². The van der Waals surface area contributed by atoms with E-state index >= 15 is 0 Å². The lowest BCUT2D eigenvalue weighted by Crippen LogP contribution is -2.64. The molecule has 0 amide bonds. The lowest BCUT2D eigenvalue weighted by Gasteiger charge is -2.45. The zero-order valence-corrected chi connectivity index (χ0v) is 59.2. The number of anilines is 6. The Morgan fingerprint density at radius 3 is 0.913 bits per heavy atom. The quantitative estimate of drug-likeness (QED) is 0.127. The molecular formula is C98H74B2N2O2. The van der Waals surface area contributed by atoms with E-state index in [1.165, 1.54) is 22.1 Å². The molecule has 4 nitrogen and oxygen atoms in total. The molecule has 15 aromatic rings. The van der Waals surface area contributed by atoms with Gasteiger partial charge in [-0.05, 0) is 224 Å². The van der Waals surface area contributed by atoms with Gasteiger partial charge in [-0.25, -0.2) is 0 Å². The van der Waals surface area contributed by atoms with Crippen LogP contribution in [-0.4, -0.2) is 13.4 Å². The molecule has 0 spiro atoms. The minimum atomic E-state index is -0.269. The molecule has 0 saturated heterocycles. The summed E-state index contributed by atoms with van der Waals surface area (Å²) < 4.78 is 15.3. The van der Waals surface area contributed by atoms with Gasteiger partial charge in [0.2, 0.25) is 0 Å². The first kappa shape index (κ1) is 62.6. The van der Waals surface area contributed by atoms with E-state index in [9.17, 15) is 0 Å². The highest BCUT2D eigenvalue weighted by Gasteiger charge is 2.48. The zero-order chi connectivity index (χ0) is 70.0. The molecule has 0 N–H and O–H groups in total. The van der Waals surface area contributed by atoms with E-state index in [4.69, 9.17) is 9.47 Å². The maximum absolute atomic E-state index is 7.73. The van der Waals surface area contributed by atoms with Crippen molar-refractivity contribution in [3.05, 3.63) is 351 Å². The number of ether oxygens (including phenoxy) is 2. The molecule has 0 fully saturated rings. The van der Waals surface area contributed by atoms with E-state index < -0.39 is 0 Å². The van der Waals surface area contributed by atoms with E-state index in [-0.39, 0.29) is 24.3 Å². The molecule has 4 aliphatic rings. The van der Waals surface area contributed by atoms with Crippen molar-refractivity contribution in [1.82, 2.24) is 0 Å². The van der Waals surface area contributed by atoms with Crippen molar-refractivity contribution >= 4 is 80.3 Å². The summed E-state index contributed by atoms with van der Waals surface area (Å²) in [6.07, 6.45) is 0. The first-order valence-corrected chi connectivity index (χ1v) is 36.4. The lowest BCUT2D eigenvalue weighted by molar-refractivity contribution is 0.483. The second kappa shape index (κ2) is 24.7. The summed E-state index contributed by atoms with van der Waals surface area (Å²) in [5.74, 6) is 3.43. The highest BCUT2D eigenvalue weighted by Crippen LogP contribution is 2.53. The molecule has 0 aromatic heterocycles. The van der Waals surface area contributed by atoms with E-state index in [0.29, 0.717) is 0 Å². The van der Waals surface area contributed by atoms with Crippen molar-refractivity contribution in [3.63, 3.8) is 0 Å². The largest absolute Gasteiger partial charge is 0.458 e. The molecule has 0 unspecified atom stereocenters. The maximum Gasteiger partial charge on any atom is 0.256 e. The summed E-state index contributed by atoms with van der Waals surface area (Å²) in [6.45, 7) is 13.3. The molecule has 0 radical (unpaired) electrons. The number of fused-ring (bicyclic) bond motifs is 8. The molecule has 0 saturated carbocycles. The van der Waals surface area contributed by atoms with Crippen LogP contribution in [0.5, 0.6) is 23.0 Å². The van der Waals surface area contributed by atoms with E-state index in [0.717, 1.165) is 168 Å². The van der Waals surface area contributed by atoms with Gasteiger partial charge < -0.3 is 19.3 Å². The Hall–Kier alpha value is -12.4. The molecule has 0 atom stereocenters. The molecule has 4 aliphatic heterocycles. The van der Waals surface area contributed by atoms with Crippen LogP contribution in [0.3, 0.4) is 0 Å². The van der Waals surface area contributed by atoms with E-state index in [2.05, 4.69) is 391 Å². The van der Waals surface area contributed by atoms with Gasteiger partial charge >= 0.3 is 0 Å². The zero-order valence-electron chi connectivity index (χ0n) is 59.2. The van der Waals surface area contributed by atoms with Crippen LogP contribution in [0.25, 0.3) is 89.0 Å². The van der Waals surface area contributed by atoms with E-state index in [1.807, 2.05) is 0 Å². The van der Waals surface area contributed by atoms with Crippen molar-refractivity contribution in [2.24, 2.45) is 0 Å². The van der Waals surface area contributed by atoms with Crippen molar-refractivity contribution in [1.29, 1.82) is 0 Å². The van der Waals surface area contributed by atoms with E-state index in [1.54, 1.807) is 0 Å². The van der Waals surface area contributed by atoms with Crippen LogP contribution in [0.1, 0.15) is 52.7 Å². The van der Waals surface area contributed by atoms with Crippen LogP contribution < -0.4 is 52.1 Å². The number of benzene rings is 15. The SMILES string of the molecule is CC(C)(C)c1ccc2c(c1)Oc1cc(-c3cc(-c4ccccc4)cc(-c4ccccc4)c3)cc3c1B2c1cc2c(cc1N3c1ccccc1)N(c1c(-c3ccccc3)cccc1-c1ccccc1)c1cc(-c3cc(-c4ccccc4)cc(-c4ccccc4)c3)cc3c1B2c1ccc(C(C)(C)C)cc1O3. The van der Waals surface area contributed by atoms with Crippen LogP contribution in [-0.2, 0) is 10.8 Å². The summed E-state index contributed by atoms with van der Waals surface area (Å²) in [6, 6.07) is 126.